The van der Waals surface area contributed by atoms with E-state index in [-0.39, 0.29) is 11.8 Å². The van der Waals surface area contributed by atoms with Crippen LogP contribution in [0.4, 0.5) is 5.69 Å². The molecule has 0 bridgehead atoms. The predicted octanol–water partition coefficient (Wildman–Crippen LogP) is 1.97. The summed E-state index contributed by atoms with van der Waals surface area (Å²) in [5.74, 6) is 6.43. The van der Waals surface area contributed by atoms with Crippen molar-refractivity contribution in [1.29, 1.82) is 0 Å². The maximum Gasteiger partial charge on any atom is 0.163 e. The number of rotatable bonds is 3. The van der Waals surface area contributed by atoms with E-state index in [0.717, 1.165) is 41.4 Å². The van der Waals surface area contributed by atoms with Gasteiger partial charge in [-0.15, -0.1) is 0 Å². The molecule has 3 heterocycles. The molecule has 2 aromatic rings. The van der Waals surface area contributed by atoms with E-state index < -0.39 is 0 Å². The summed E-state index contributed by atoms with van der Waals surface area (Å²) in [4.78, 5) is 19.5. The van der Waals surface area contributed by atoms with E-state index in [0.29, 0.717) is 12.2 Å². The number of Topliss-reactive ketones (excluding diaryl/α,β-unsaturated/α-hetero) is 1. The molecule has 130 valence electrons. The number of morpholine rings is 1. The number of anilines is 1. The maximum atomic E-state index is 12.0. The lowest BCUT2D eigenvalue weighted by Gasteiger charge is -2.18. The van der Waals surface area contributed by atoms with Gasteiger partial charge in [0.05, 0.1) is 41.8 Å². The first kappa shape index (κ1) is 17.2. The number of H-pyrrole nitrogens is 1. The van der Waals surface area contributed by atoms with Crippen molar-refractivity contribution in [2.45, 2.75) is 19.9 Å². The molecule has 1 aliphatic heterocycles. The highest BCUT2D eigenvalue weighted by Crippen LogP contribution is 2.34. The van der Waals surface area contributed by atoms with Crippen molar-refractivity contribution < 1.29 is 9.53 Å². The molecule has 2 aromatic heterocycles. The van der Waals surface area contributed by atoms with E-state index >= 15 is 0 Å². The third-order valence-corrected chi connectivity index (χ3v) is 4.18. The van der Waals surface area contributed by atoms with Crippen LogP contribution in [0.25, 0.3) is 11.3 Å². The van der Waals surface area contributed by atoms with E-state index in [4.69, 9.17) is 4.74 Å². The van der Waals surface area contributed by atoms with Gasteiger partial charge >= 0.3 is 0 Å². The van der Waals surface area contributed by atoms with Gasteiger partial charge in [0.2, 0.25) is 0 Å². The van der Waals surface area contributed by atoms with Gasteiger partial charge in [0.15, 0.2) is 5.78 Å². The lowest BCUT2D eigenvalue weighted by molar-refractivity contribution is 0.0925. The second kappa shape index (κ2) is 7.51. The Kier molecular flexibility index (Phi) is 5.17. The fourth-order valence-corrected chi connectivity index (χ4v) is 3.05. The van der Waals surface area contributed by atoms with Crippen molar-refractivity contribution in [2.24, 2.45) is 0 Å². The number of aromatic nitrogens is 2. The average Bonchev–Trinajstić information content (AvgIpc) is 2.97. The number of ether oxygens (including phenoxy) is 1. The molecule has 25 heavy (non-hydrogen) atoms. The Hall–Kier alpha value is -2.62. The standard InChI is InChI=1S/C19H22N4O2/c1-12-17(13(2)24)19(20-3)18(23-12)16-6-7-21-10-14(16)4-5-15-11-25-9-8-22-15/h6-7,10,15,20,22-23H,8-9,11H2,1-3H3. The lowest BCUT2D eigenvalue weighted by Crippen LogP contribution is -2.40. The van der Waals surface area contributed by atoms with Gasteiger partial charge in [-0.1, -0.05) is 11.8 Å². The van der Waals surface area contributed by atoms with Crippen LogP contribution in [-0.4, -0.2) is 48.6 Å². The van der Waals surface area contributed by atoms with E-state index in [1.807, 2.05) is 20.0 Å². The van der Waals surface area contributed by atoms with Crippen LogP contribution in [0.15, 0.2) is 18.5 Å². The zero-order valence-electron chi connectivity index (χ0n) is 14.7. The number of hydrogen-bond donors (Lipinski definition) is 3. The molecule has 3 N–H and O–H groups in total. The molecule has 0 radical (unpaired) electrons. The second-order valence-corrected chi connectivity index (χ2v) is 5.95. The highest BCUT2D eigenvalue weighted by atomic mass is 16.5. The number of aryl methyl sites for hydroxylation is 1. The summed E-state index contributed by atoms with van der Waals surface area (Å²) in [7, 11) is 1.81. The smallest absolute Gasteiger partial charge is 0.163 e. The minimum Gasteiger partial charge on any atom is -0.386 e. The molecular weight excluding hydrogens is 316 g/mol. The zero-order chi connectivity index (χ0) is 17.8. The van der Waals surface area contributed by atoms with Crippen LogP contribution in [0.2, 0.25) is 0 Å². The molecule has 0 saturated carbocycles. The Morgan fingerprint density at radius 1 is 1.48 bits per heavy atom. The van der Waals surface area contributed by atoms with Crippen molar-refractivity contribution in [3.8, 4) is 23.1 Å². The summed E-state index contributed by atoms with van der Waals surface area (Å²) < 4.78 is 5.43. The fraction of sp³-hybridized carbons (Fsp3) is 0.368. The average molecular weight is 338 g/mol. The normalized spacial score (nSPS) is 16.8. The monoisotopic (exact) mass is 338 g/mol. The summed E-state index contributed by atoms with van der Waals surface area (Å²) in [6.45, 7) is 5.58. The lowest BCUT2D eigenvalue weighted by atomic mass is 10.0. The Bertz CT molecular complexity index is 839. The third-order valence-electron chi connectivity index (χ3n) is 4.18. The van der Waals surface area contributed by atoms with Crippen molar-refractivity contribution >= 4 is 11.5 Å². The van der Waals surface area contributed by atoms with Crippen LogP contribution in [0.3, 0.4) is 0 Å². The van der Waals surface area contributed by atoms with E-state index in [1.165, 1.54) is 0 Å². The molecule has 1 saturated heterocycles. The van der Waals surface area contributed by atoms with Crippen molar-refractivity contribution in [3.05, 3.63) is 35.3 Å². The van der Waals surface area contributed by atoms with Crippen LogP contribution >= 0.6 is 0 Å². The van der Waals surface area contributed by atoms with Crippen molar-refractivity contribution in [2.75, 3.05) is 32.1 Å². The predicted molar refractivity (Wildman–Crippen MR) is 97.8 cm³/mol. The number of hydrogen-bond acceptors (Lipinski definition) is 5. The number of pyridine rings is 1. The molecule has 1 unspecified atom stereocenters. The number of aromatic amines is 1. The summed E-state index contributed by atoms with van der Waals surface area (Å²) in [5.41, 5.74) is 4.88. The maximum absolute atomic E-state index is 12.0. The number of nitrogens with zero attached hydrogens (tertiary/aromatic N) is 1. The van der Waals surface area contributed by atoms with E-state index in [2.05, 4.69) is 32.4 Å². The molecule has 1 atom stereocenters. The molecule has 6 nitrogen and oxygen atoms in total. The molecule has 0 amide bonds. The minimum atomic E-state index is 0.0173. The van der Waals surface area contributed by atoms with Crippen LogP contribution < -0.4 is 10.6 Å². The van der Waals surface area contributed by atoms with Gasteiger partial charge in [-0.3, -0.25) is 15.1 Å². The highest BCUT2D eigenvalue weighted by Gasteiger charge is 2.20. The van der Waals surface area contributed by atoms with Crippen molar-refractivity contribution in [1.82, 2.24) is 15.3 Å². The zero-order valence-corrected chi connectivity index (χ0v) is 14.7. The molecular formula is C19H22N4O2. The molecule has 1 fully saturated rings. The van der Waals surface area contributed by atoms with Crippen LogP contribution in [-0.2, 0) is 4.74 Å². The number of carbonyl (C=O) groups is 1. The van der Waals surface area contributed by atoms with Crippen LogP contribution in [0.5, 0.6) is 0 Å². The van der Waals surface area contributed by atoms with Crippen LogP contribution in [0.1, 0.15) is 28.5 Å². The molecule has 0 aromatic carbocycles. The Morgan fingerprint density at radius 2 is 2.32 bits per heavy atom. The summed E-state index contributed by atoms with van der Waals surface area (Å²) in [6.07, 6.45) is 3.47. The van der Waals surface area contributed by atoms with Crippen LogP contribution in [0, 0.1) is 18.8 Å². The number of nitrogens with one attached hydrogen (secondary N) is 3. The fourth-order valence-electron chi connectivity index (χ4n) is 3.05. The van der Waals surface area contributed by atoms with Gasteiger partial charge < -0.3 is 15.0 Å². The molecule has 6 heteroatoms. The molecule has 1 aliphatic rings. The minimum absolute atomic E-state index is 0.0173. The third kappa shape index (κ3) is 3.58. The SMILES string of the molecule is CNc1c(-c2ccncc2C#CC2COCCN2)[nH]c(C)c1C(C)=O. The molecule has 0 aliphatic carbocycles. The van der Waals surface area contributed by atoms with E-state index in [1.54, 1.807) is 19.3 Å². The first-order valence-corrected chi connectivity index (χ1v) is 8.30. The van der Waals surface area contributed by atoms with Crippen molar-refractivity contribution in [3.63, 3.8) is 0 Å². The first-order chi connectivity index (χ1) is 12.1. The summed E-state index contributed by atoms with van der Waals surface area (Å²) >= 11 is 0. The van der Waals surface area contributed by atoms with Gasteiger partial charge in [0, 0.05) is 37.2 Å². The Balaban J connectivity index is 2.03. The van der Waals surface area contributed by atoms with Gasteiger partial charge in [0.1, 0.15) is 0 Å². The Morgan fingerprint density at radius 3 is 3.00 bits per heavy atom. The van der Waals surface area contributed by atoms with Gasteiger partial charge in [-0.05, 0) is 19.9 Å². The Labute approximate surface area is 147 Å². The number of ketones is 1. The highest BCUT2D eigenvalue weighted by molar-refractivity contribution is 6.04. The van der Waals surface area contributed by atoms with E-state index in [9.17, 15) is 4.79 Å². The van der Waals surface area contributed by atoms with Gasteiger partial charge in [-0.25, -0.2) is 0 Å². The molecule has 0 spiro atoms. The summed E-state index contributed by atoms with van der Waals surface area (Å²) in [6, 6.07) is 1.92. The molecule has 3 rings (SSSR count). The van der Waals surface area contributed by atoms with Gasteiger partial charge in [0.25, 0.3) is 0 Å². The quantitative estimate of drug-likeness (QED) is 0.589. The first-order valence-electron chi connectivity index (χ1n) is 8.30. The topological polar surface area (TPSA) is 79.0 Å². The summed E-state index contributed by atoms with van der Waals surface area (Å²) in [5, 5.41) is 6.46. The van der Waals surface area contributed by atoms with Gasteiger partial charge in [-0.2, -0.15) is 0 Å². The second-order valence-electron chi connectivity index (χ2n) is 5.95. The number of carbonyl (C=O) groups excluding carboxylic acids is 1. The largest absolute Gasteiger partial charge is 0.386 e.